The van der Waals surface area contributed by atoms with Crippen LogP contribution in [0.3, 0.4) is 0 Å². The molecule has 0 aromatic heterocycles. The van der Waals surface area contributed by atoms with E-state index in [9.17, 15) is 21.6 Å². The molecule has 0 aliphatic carbocycles. The smallest absolute Gasteiger partial charge is 0.381 e. The molecular formula is C17H24F3N3O3S. The van der Waals surface area contributed by atoms with Gasteiger partial charge >= 0.3 is 6.18 Å². The molecule has 3 saturated heterocycles. The lowest BCUT2D eigenvalue weighted by Crippen LogP contribution is -2.73. The Morgan fingerprint density at radius 3 is 2.41 bits per heavy atom. The Hall–Kier alpha value is -0.970. The molecule has 6 nitrogen and oxygen atoms in total. The number of nitrogens with zero attached hydrogens (tertiary/aromatic N) is 3. The summed E-state index contributed by atoms with van der Waals surface area (Å²) in [5, 5.41) is -1.00. The molecule has 3 fully saturated rings. The van der Waals surface area contributed by atoms with E-state index in [4.69, 9.17) is 4.74 Å². The zero-order valence-corrected chi connectivity index (χ0v) is 15.8. The average Bonchev–Trinajstić information content (AvgIpc) is 2.56. The number of dihydropyridines is 1. The number of likely N-dealkylation sites (tertiary alicyclic amines) is 1. The van der Waals surface area contributed by atoms with Gasteiger partial charge in [-0.1, -0.05) is 6.08 Å². The highest BCUT2D eigenvalue weighted by Crippen LogP contribution is 2.42. The van der Waals surface area contributed by atoms with Gasteiger partial charge in [-0.25, -0.2) is 8.42 Å². The Bertz CT molecular complexity index is 730. The molecule has 0 aromatic rings. The summed E-state index contributed by atoms with van der Waals surface area (Å²) in [6.07, 6.45) is -0.475. The number of hydrogen-bond acceptors (Lipinski definition) is 5. The van der Waals surface area contributed by atoms with E-state index in [1.54, 1.807) is 0 Å². The molecule has 0 amide bonds. The summed E-state index contributed by atoms with van der Waals surface area (Å²) in [6.45, 7) is 5.03. The number of sulfonamides is 1. The molecule has 4 aliphatic heterocycles. The largest absolute Gasteiger partial charge is 0.432 e. The van der Waals surface area contributed by atoms with Crippen molar-refractivity contribution in [2.75, 3.05) is 52.5 Å². The molecular weight excluding hydrogens is 383 g/mol. The first-order valence-corrected chi connectivity index (χ1v) is 10.8. The molecule has 152 valence electrons. The summed E-state index contributed by atoms with van der Waals surface area (Å²) in [5.41, 5.74) is -0.992. The first kappa shape index (κ1) is 19.4. The van der Waals surface area contributed by atoms with Gasteiger partial charge in [0.1, 0.15) is 11.0 Å². The van der Waals surface area contributed by atoms with Crippen LogP contribution in [0.25, 0.3) is 0 Å². The van der Waals surface area contributed by atoms with Crippen LogP contribution in [0.5, 0.6) is 0 Å². The van der Waals surface area contributed by atoms with Crippen LogP contribution < -0.4 is 0 Å². The molecule has 1 spiro atoms. The van der Waals surface area contributed by atoms with Gasteiger partial charge in [-0.3, -0.25) is 4.99 Å². The van der Waals surface area contributed by atoms with Crippen LogP contribution in [0, 0.1) is 11.3 Å². The van der Waals surface area contributed by atoms with Gasteiger partial charge in [0.05, 0.1) is 6.54 Å². The second kappa shape index (κ2) is 6.82. The highest BCUT2D eigenvalue weighted by molar-refractivity contribution is 7.90. The average molecular weight is 407 g/mol. The Morgan fingerprint density at radius 1 is 1.19 bits per heavy atom. The van der Waals surface area contributed by atoms with Crippen LogP contribution in [-0.4, -0.2) is 87.2 Å². The lowest BCUT2D eigenvalue weighted by molar-refractivity contribution is -0.0913. The maximum atomic E-state index is 12.6. The maximum Gasteiger partial charge on any atom is 0.432 e. The van der Waals surface area contributed by atoms with Gasteiger partial charge in [-0.15, -0.1) is 0 Å². The Labute approximate surface area is 157 Å². The summed E-state index contributed by atoms with van der Waals surface area (Å²) in [6, 6.07) is 0. The fourth-order valence-electron chi connectivity index (χ4n) is 4.48. The maximum absolute atomic E-state index is 12.6. The van der Waals surface area contributed by atoms with E-state index >= 15 is 0 Å². The van der Waals surface area contributed by atoms with Gasteiger partial charge in [0, 0.05) is 51.4 Å². The van der Waals surface area contributed by atoms with Crippen LogP contribution in [0.1, 0.15) is 12.8 Å². The minimum Gasteiger partial charge on any atom is -0.381 e. The third-order valence-electron chi connectivity index (χ3n) is 5.94. The third kappa shape index (κ3) is 3.81. The monoisotopic (exact) mass is 407 g/mol. The number of ether oxygens (including phenoxy) is 1. The Kier molecular flexibility index (Phi) is 4.89. The van der Waals surface area contributed by atoms with E-state index in [0.717, 1.165) is 57.8 Å². The highest BCUT2D eigenvalue weighted by Gasteiger charge is 2.56. The number of allylic oxidation sites excluding steroid dienone is 1. The zero-order chi connectivity index (χ0) is 19.3. The van der Waals surface area contributed by atoms with Crippen LogP contribution in [0.15, 0.2) is 17.1 Å². The molecule has 0 radical (unpaired) electrons. The topological polar surface area (TPSA) is 62.2 Å². The molecule has 27 heavy (non-hydrogen) atoms. The van der Waals surface area contributed by atoms with Gasteiger partial charge < -0.3 is 9.64 Å². The van der Waals surface area contributed by atoms with Crippen LogP contribution in [0.4, 0.5) is 13.2 Å². The SMILES string of the molecule is O=S(=O)(C1C=CC(C(F)(F)F)=NC1)N1CC2(CN(CC3CCOCC3)C2)C1. The lowest BCUT2D eigenvalue weighted by Gasteiger charge is -2.60. The lowest BCUT2D eigenvalue weighted by atomic mass is 9.74. The van der Waals surface area contributed by atoms with Crippen molar-refractivity contribution in [3.63, 3.8) is 0 Å². The fourth-order valence-corrected chi connectivity index (χ4v) is 6.31. The van der Waals surface area contributed by atoms with Crippen molar-refractivity contribution < 1.29 is 26.3 Å². The first-order valence-electron chi connectivity index (χ1n) is 9.27. The van der Waals surface area contributed by atoms with Crippen molar-refractivity contribution in [2.45, 2.75) is 24.3 Å². The van der Waals surface area contributed by atoms with Gasteiger partial charge in [-0.05, 0) is 24.8 Å². The van der Waals surface area contributed by atoms with Crippen molar-refractivity contribution in [3.8, 4) is 0 Å². The molecule has 10 heteroatoms. The third-order valence-corrected chi connectivity index (χ3v) is 7.99. The fraction of sp³-hybridized carbons (Fsp3) is 0.824. The van der Waals surface area contributed by atoms with Crippen LogP contribution in [0.2, 0.25) is 0 Å². The number of rotatable bonds is 4. The summed E-state index contributed by atoms with van der Waals surface area (Å²) < 4.78 is 69.9. The predicted octanol–water partition coefficient (Wildman–Crippen LogP) is 1.30. The molecule has 1 unspecified atom stereocenters. The second-order valence-electron chi connectivity index (χ2n) is 8.16. The van der Waals surface area contributed by atoms with Gasteiger partial charge in [0.2, 0.25) is 10.0 Å². The number of aliphatic imine (C=N–C) groups is 1. The van der Waals surface area contributed by atoms with Crippen LogP contribution >= 0.6 is 0 Å². The van der Waals surface area contributed by atoms with Gasteiger partial charge in [0.15, 0.2) is 0 Å². The molecule has 0 bridgehead atoms. The predicted molar refractivity (Wildman–Crippen MR) is 94.2 cm³/mol. The molecule has 0 aromatic carbocycles. The summed E-state index contributed by atoms with van der Waals surface area (Å²) in [7, 11) is -3.65. The highest BCUT2D eigenvalue weighted by atomic mass is 32.2. The van der Waals surface area contributed by atoms with Crippen molar-refractivity contribution in [1.29, 1.82) is 0 Å². The van der Waals surface area contributed by atoms with E-state index in [1.807, 2.05) is 0 Å². The van der Waals surface area contributed by atoms with Crippen LogP contribution in [-0.2, 0) is 14.8 Å². The molecule has 4 heterocycles. The second-order valence-corrected chi connectivity index (χ2v) is 10.3. The summed E-state index contributed by atoms with van der Waals surface area (Å²) in [5.74, 6) is 0.657. The minimum absolute atomic E-state index is 0.0248. The van der Waals surface area contributed by atoms with E-state index < -0.39 is 27.2 Å². The van der Waals surface area contributed by atoms with E-state index in [-0.39, 0.29) is 12.0 Å². The van der Waals surface area contributed by atoms with E-state index in [0.29, 0.717) is 19.0 Å². The summed E-state index contributed by atoms with van der Waals surface area (Å²) in [4.78, 5) is 5.79. The van der Waals surface area contributed by atoms with E-state index in [2.05, 4.69) is 9.89 Å². The van der Waals surface area contributed by atoms with Gasteiger partial charge in [0.25, 0.3) is 0 Å². The van der Waals surface area contributed by atoms with Crippen molar-refractivity contribution in [3.05, 3.63) is 12.2 Å². The molecule has 4 rings (SSSR count). The molecule has 0 N–H and O–H groups in total. The number of hydrogen-bond donors (Lipinski definition) is 0. The minimum atomic E-state index is -4.54. The Morgan fingerprint density at radius 2 is 1.85 bits per heavy atom. The zero-order valence-electron chi connectivity index (χ0n) is 15.0. The van der Waals surface area contributed by atoms with Crippen molar-refractivity contribution >= 4 is 15.7 Å². The normalized spacial score (nSPS) is 30.0. The molecule has 4 aliphatic rings. The summed E-state index contributed by atoms with van der Waals surface area (Å²) >= 11 is 0. The number of alkyl halides is 3. The quantitative estimate of drug-likeness (QED) is 0.705. The van der Waals surface area contributed by atoms with Crippen molar-refractivity contribution in [1.82, 2.24) is 9.21 Å². The Balaban J connectivity index is 1.26. The van der Waals surface area contributed by atoms with Gasteiger partial charge in [-0.2, -0.15) is 17.5 Å². The standard InChI is InChI=1S/C17H24F3N3O3S/c18-17(19,20)15-2-1-14(7-21-15)27(24,25)23-11-16(12-23)9-22(10-16)8-13-3-5-26-6-4-13/h1-2,13-14H,3-12H2. The molecule has 1 atom stereocenters. The van der Waals surface area contributed by atoms with E-state index in [1.165, 1.54) is 4.31 Å². The van der Waals surface area contributed by atoms with Crippen molar-refractivity contribution in [2.24, 2.45) is 16.3 Å². The molecule has 0 saturated carbocycles. The number of halogens is 3. The first-order chi connectivity index (χ1) is 12.7.